The lowest BCUT2D eigenvalue weighted by Crippen LogP contribution is -2.33. The average Bonchev–Trinajstić information content (AvgIpc) is 3.35. The predicted molar refractivity (Wildman–Crippen MR) is 125 cm³/mol. The van der Waals surface area contributed by atoms with Crippen LogP contribution in [0.4, 0.5) is 0 Å². The number of thiophene rings is 1. The van der Waals surface area contributed by atoms with E-state index in [4.69, 9.17) is 9.47 Å². The molecule has 160 valence electrons. The fraction of sp³-hybridized carbons (Fsp3) is 0.0800. The number of benzene rings is 3. The molecule has 7 heteroatoms. The van der Waals surface area contributed by atoms with Gasteiger partial charge in [-0.25, -0.2) is 10.2 Å². The maximum atomic E-state index is 12.3. The van der Waals surface area contributed by atoms with Crippen LogP contribution in [-0.2, 0) is 4.79 Å². The Kier molecular flexibility index (Phi) is 6.57. The van der Waals surface area contributed by atoms with Gasteiger partial charge in [-0.3, -0.25) is 4.79 Å². The fourth-order valence-electron chi connectivity index (χ4n) is 2.93. The number of rotatable bonds is 7. The summed E-state index contributed by atoms with van der Waals surface area (Å²) in [6, 6.07) is 23.9. The number of esters is 1. The third-order valence-electron chi connectivity index (χ3n) is 4.60. The van der Waals surface area contributed by atoms with Gasteiger partial charge in [0.2, 0.25) is 0 Å². The van der Waals surface area contributed by atoms with E-state index >= 15 is 0 Å². The lowest BCUT2D eigenvalue weighted by atomic mass is 10.1. The zero-order chi connectivity index (χ0) is 22.3. The minimum atomic E-state index is -0.715. The molecule has 1 heterocycles. The van der Waals surface area contributed by atoms with Crippen LogP contribution in [0.1, 0.15) is 22.2 Å². The van der Waals surface area contributed by atoms with Crippen molar-refractivity contribution in [2.24, 2.45) is 5.10 Å². The molecule has 0 radical (unpaired) electrons. The molecule has 1 amide bonds. The smallest absolute Gasteiger partial charge is 0.353 e. The van der Waals surface area contributed by atoms with Gasteiger partial charge in [-0.05, 0) is 71.1 Å². The van der Waals surface area contributed by atoms with Gasteiger partial charge < -0.3 is 9.47 Å². The highest BCUT2D eigenvalue weighted by molar-refractivity contribution is 7.12. The summed E-state index contributed by atoms with van der Waals surface area (Å²) in [5.74, 6) is 0.287. The van der Waals surface area contributed by atoms with Crippen LogP contribution in [0.5, 0.6) is 11.5 Å². The van der Waals surface area contributed by atoms with Crippen LogP contribution < -0.4 is 14.9 Å². The summed E-state index contributed by atoms with van der Waals surface area (Å²) >= 11 is 1.32. The second-order valence-corrected chi connectivity index (χ2v) is 7.89. The molecule has 32 heavy (non-hydrogen) atoms. The highest BCUT2D eigenvalue weighted by Gasteiger charge is 2.14. The first-order valence-electron chi connectivity index (χ1n) is 9.92. The Bertz CT molecular complexity index is 1250. The van der Waals surface area contributed by atoms with Gasteiger partial charge in [0.05, 0.1) is 6.21 Å². The molecule has 0 fully saturated rings. The quantitative estimate of drug-likeness (QED) is 0.188. The van der Waals surface area contributed by atoms with E-state index in [-0.39, 0.29) is 5.91 Å². The summed E-state index contributed by atoms with van der Waals surface area (Å²) in [4.78, 5) is 24.8. The van der Waals surface area contributed by atoms with Crippen molar-refractivity contribution in [3.8, 4) is 11.5 Å². The molecule has 0 aliphatic heterocycles. The van der Waals surface area contributed by atoms with Crippen molar-refractivity contribution >= 4 is 40.2 Å². The zero-order valence-electron chi connectivity index (χ0n) is 17.2. The van der Waals surface area contributed by atoms with E-state index in [0.717, 1.165) is 16.3 Å². The van der Waals surface area contributed by atoms with Gasteiger partial charge in [0.25, 0.3) is 5.91 Å². The minimum Gasteiger partial charge on any atom is -0.481 e. The molecule has 3 aromatic carbocycles. The van der Waals surface area contributed by atoms with E-state index in [0.29, 0.717) is 16.4 Å². The molecule has 6 nitrogen and oxygen atoms in total. The summed E-state index contributed by atoms with van der Waals surface area (Å²) in [7, 11) is 0. The molecule has 0 spiro atoms. The fourth-order valence-corrected chi connectivity index (χ4v) is 3.53. The maximum absolute atomic E-state index is 12.3. The second-order valence-electron chi connectivity index (χ2n) is 6.94. The second kappa shape index (κ2) is 9.89. The topological polar surface area (TPSA) is 77.0 Å². The van der Waals surface area contributed by atoms with Crippen LogP contribution in [0.15, 0.2) is 89.3 Å². The maximum Gasteiger partial charge on any atom is 0.353 e. The monoisotopic (exact) mass is 444 g/mol. The third kappa shape index (κ3) is 5.39. The summed E-state index contributed by atoms with van der Waals surface area (Å²) in [5, 5.41) is 7.94. The Labute approximate surface area is 189 Å². The van der Waals surface area contributed by atoms with Crippen LogP contribution in [0.3, 0.4) is 0 Å². The van der Waals surface area contributed by atoms with Crippen molar-refractivity contribution in [2.75, 3.05) is 0 Å². The van der Waals surface area contributed by atoms with E-state index in [1.807, 2.05) is 47.8 Å². The molecule has 0 aliphatic rings. The normalized spacial score (nSPS) is 11.9. The van der Waals surface area contributed by atoms with Gasteiger partial charge in [0.1, 0.15) is 16.4 Å². The number of nitrogens with one attached hydrogen (secondary N) is 1. The molecule has 4 rings (SSSR count). The van der Waals surface area contributed by atoms with Gasteiger partial charge in [0, 0.05) is 0 Å². The van der Waals surface area contributed by atoms with Crippen molar-refractivity contribution in [1.82, 2.24) is 5.43 Å². The first kappa shape index (κ1) is 21.3. The van der Waals surface area contributed by atoms with Crippen LogP contribution >= 0.6 is 11.3 Å². The predicted octanol–water partition coefficient (Wildman–Crippen LogP) is 5.04. The molecule has 4 aromatic rings. The first-order valence-corrected chi connectivity index (χ1v) is 10.8. The van der Waals surface area contributed by atoms with E-state index in [1.54, 1.807) is 43.3 Å². The number of amides is 1. The number of fused-ring (bicyclic) bond motifs is 1. The summed E-state index contributed by atoms with van der Waals surface area (Å²) < 4.78 is 11.0. The lowest BCUT2D eigenvalue weighted by Gasteiger charge is -2.13. The van der Waals surface area contributed by atoms with Gasteiger partial charge >= 0.3 is 5.97 Å². The van der Waals surface area contributed by atoms with Crippen LogP contribution in [0.2, 0.25) is 0 Å². The van der Waals surface area contributed by atoms with E-state index in [1.165, 1.54) is 17.6 Å². The number of ether oxygens (including phenoxy) is 2. The van der Waals surface area contributed by atoms with Crippen molar-refractivity contribution in [3.63, 3.8) is 0 Å². The Hall–Kier alpha value is -3.97. The van der Waals surface area contributed by atoms with Crippen molar-refractivity contribution in [1.29, 1.82) is 0 Å². The van der Waals surface area contributed by atoms with Gasteiger partial charge in [-0.15, -0.1) is 11.3 Å². The number of hydrogen-bond donors (Lipinski definition) is 1. The number of hydrazone groups is 1. The number of carbonyl (C=O) groups is 2. The molecule has 1 aromatic heterocycles. The number of carbonyl (C=O) groups excluding carboxylic acids is 2. The van der Waals surface area contributed by atoms with Gasteiger partial charge in [0.15, 0.2) is 6.10 Å². The van der Waals surface area contributed by atoms with Crippen molar-refractivity contribution < 1.29 is 19.1 Å². The third-order valence-corrected chi connectivity index (χ3v) is 5.45. The SMILES string of the molecule is CC(Oc1ccc2ccccc2c1)C(=O)NN=Cc1ccc(OC(=O)c2cccs2)cc1. The summed E-state index contributed by atoms with van der Waals surface area (Å²) in [6.45, 7) is 1.66. The highest BCUT2D eigenvalue weighted by atomic mass is 32.1. The standard InChI is InChI=1S/C25H20N2O4S/c1-17(30-22-13-10-19-5-2-3-6-20(19)15-22)24(28)27-26-16-18-8-11-21(12-9-18)31-25(29)23-7-4-14-32-23/h2-17H,1H3,(H,27,28). The molecule has 0 aliphatic carbocycles. The molecule has 1 unspecified atom stereocenters. The molecule has 0 saturated heterocycles. The zero-order valence-corrected chi connectivity index (χ0v) is 18.0. The van der Waals surface area contributed by atoms with Crippen molar-refractivity contribution in [2.45, 2.75) is 13.0 Å². The van der Waals surface area contributed by atoms with Gasteiger partial charge in [-0.2, -0.15) is 5.10 Å². The van der Waals surface area contributed by atoms with Crippen LogP contribution in [0, 0.1) is 0 Å². The lowest BCUT2D eigenvalue weighted by molar-refractivity contribution is -0.127. The number of nitrogens with zero attached hydrogens (tertiary/aromatic N) is 1. The Morgan fingerprint density at radius 2 is 1.69 bits per heavy atom. The molecular formula is C25H20N2O4S. The van der Waals surface area contributed by atoms with E-state index in [9.17, 15) is 9.59 Å². The van der Waals surface area contributed by atoms with E-state index in [2.05, 4.69) is 10.5 Å². The Balaban J connectivity index is 1.28. The number of hydrogen-bond acceptors (Lipinski definition) is 6. The highest BCUT2D eigenvalue weighted by Crippen LogP contribution is 2.21. The van der Waals surface area contributed by atoms with E-state index < -0.39 is 12.1 Å². The molecule has 1 atom stereocenters. The molecule has 0 bridgehead atoms. The summed E-state index contributed by atoms with van der Waals surface area (Å²) in [5.41, 5.74) is 3.22. The van der Waals surface area contributed by atoms with Crippen LogP contribution in [-0.4, -0.2) is 24.2 Å². The Morgan fingerprint density at radius 1 is 0.938 bits per heavy atom. The Morgan fingerprint density at radius 3 is 2.44 bits per heavy atom. The van der Waals surface area contributed by atoms with Crippen LogP contribution in [0.25, 0.3) is 10.8 Å². The molecular weight excluding hydrogens is 424 g/mol. The average molecular weight is 445 g/mol. The van der Waals surface area contributed by atoms with Gasteiger partial charge in [-0.1, -0.05) is 36.4 Å². The molecule has 0 saturated carbocycles. The summed E-state index contributed by atoms with van der Waals surface area (Å²) in [6.07, 6.45) is 0.790. The van der Waals surface area contributed by atoms with Crippen molar-refractivity contribution in [3.05, 3.63) is 94.7 Å². The largest absolute Gasteiger partial charge is 0.481 e. The first-order chi connectivity index (χ1) is 15.6. The molecule has 1 N–H and O–H groups in total. The minimum absolute atomic E-state index is 0.365.